The number of hydrogen-bond donors (Lipinski definition) is 2. The van der Waals surface area contributed by atoms with Gasteiger partial charge in [0.25, 0.3) is 11.8 Å². The Morgan fingerprint density at radius 2 is 1.57 bits per heavy atom. The van der Waals surface area contributed by atoms with Gasteiger partial charge >= 0.3 is 0 Å². The molecule has 2 unspecified atom stereocenters. The number of amides is 2. The van der Waals surface area contributed by atoms with Crippen molar-refractivity contribution in [3.8, 4) is 22.4 Å². The van der Waals surface area contributed by atoms with Crippen LogP contribution in [0.4, 0.5) is 11.5 Å². The number of carbonyl (C=O) groups is 2. The quantitative estimate of drug-likeness (QED) is 0.321. The highest BCUT2D eigenvalue weighted by Crippen LogP contribution is 2.42. The summed E-state index contributed by atoms with van der Waals surface area (Å²) in [6, 6.07) is 15.5. The molecule has 0 bridgehead atoms. The molecule has 0 spiro atoms. The zero-order valence-electron chi connectivity index (χ0n) is 23.0. The molecule has 8 nitrogen and oxygen atoms in total. The SMILES string of the molecule is C=C(C)C(=O)Nc1ccc(-c2c(-c3ccc(C(=O)N4CC5CCCCC5C4)cc3)c3c(N)ncnc3n2C)cc1. The van der Waals surface area contributed by atoms with E-state index in [1.165, 1.54) is 32.0 Å². The minimum Gasteiger partial charge on any atom is -0.383 e. The van der Waals surface area contributed by atoms with Gasteiger partial charge in [0.15, 0.2) is 0 Å². The molecule has 1 aliphatic carbocycles. The lowest BCUT2D eigenvalue weighted by Crippen LogP contribution is -2.28. The number of rotatable bonds is 5. The first-order chi connectivity index (χ1) is 19.3. The first kappa shape index (κ1) is 25.8. The summed E-state index contributed by atoms with van der Waals surface area (Å²) < 4.78 is 2.01. The van der Waals surface area contributed by atoms with Crippen molar-refractivity contribution in [1.29, 1.82) is 0 Å². The Bertz CT molecular complexity index is 1610. The van der Waals surface area contributed by atoms with Gasteiger partial charge in [-0.2, -0.15) is 0 Å². The summed E-state index contributed by atoms with van der Waals surface area (Å²) in [5, 5.41) is 3.62. The molecule has 40 heavy (non-hydrogen) atoms. The van der Waals surface area contributed by atoms with Gasteiger partial charge < -0.3 is 20.5 Å². The molecule has 2 aromatic carbocycles. The van der Waals surface area contributed by atoms with Gasteiger partial charge in [-0.15, -0.1) is 0 Å². The number of aromatic nitrogens is 3. The summed E-state index contributed by atoms with van der Waals surface area (Å²) in [7, 11) is 1.95. The maximum atomic E-state index is 13.4. The molecule has 8 heteroatoms. The molecular weight excluding hydrogens is 500 g/mol. The van der Waals surface area contributed by atoms with Crippen LogP contribution in [0.2, 0.25) is 0 Å². The molecule has 2 aromatic heterocycles. The van der Waals surface area contributed by atoms with Crippen LogP contribution in [0.3, 0.4) is 0 Å². The molecule has 2 amide bonds. The van der Waals surface area contributed by atoms with Gasteiger partial charge in [-0.25, -0.2) is 9.97 Å². The molecule has 1 saturated carbocycles. The van der Waals surface area contributed by atoms with Crippen molar-refractivity contribution in [2.24, 2.45) is 18.9 Å². The van der Waals surface area contributed by atoms with Gasteiger partial charge in [-0.05, 0) is 67.0 Å². The number of nitrogens with zero attached hydrogens (tertiary/aromatic N) is 4. The monoisotopic (exact) mass is 534 g/mol. The van der Waals surface area contributed by atoms with E-state index in [2.05, 4.69) is 21.9 Å². The second-order valence-electron chi connectivity index (χ2n) is 11.1. The predicted molar refractivity (Wildman–Crippen MR) is 159 cm³/mol. The number of nitrogens with two attached hydrogens (primary N) is 1. The highest BCUT2D eigenvalue weighted by atomic mass is 16.2. The second-order valence-corrected chi connectivity index (χ2v) is 11.1. The third-order valence-electron chi connectivity index (χ3n) is 8.48. The van der Waals surface area contributed by atoms with Crippen molar-refractivity contribution in [3.05, 3.63) is 72.6 Å². The van der Waals surface area contributed by atoms with Crippen LogP contribution in [0.25, 0.3) is 33.4 Å². The summed E-state index contributed by atoms with van der Waals surface area (Å²) in [5.74, 6) is 1.59. The van der Waals surface area contributed by atoms with Gasteiger partial charge in [0.1, 0.15) is 17.8 Å². The normalized spacial score (nSPS) is 18.5. The maximum absolute atomic E-state index is 13.4. The van der Waals surface area contributed by atoms with Crippen molar-refractivity contribution < 1.29 is 9.59 Å². The summed E-state index contributed by atoms with van der Waals surface area (Å²) in [4.78, 5) is 36.3. The van der Waals surface area contributed by atoms with E-state index in [0.29, 0.717) is 34.5 Å². The van der Waals surface area contributed by atoms with Crippen LogP contribution >= 0.6 is 0 Å². The Morgan fingerprint density at radius 3 is 2.20 bits per heavy atom. The molecule has 2 atom stereocenters. The standard InChI is InChI=1S/C32H34N6O2/c1-19(2)31(39)36-25-14-12-21(13-15-25)28-26(27-29(33)34-18-35-30(27)37(28)3)20-8-10-22(11-9-20)32(40)38-16-23-6-4-5-7-24(23)17-38/h8-15,18,23-24H,1,4-7,16-17H2,2-3H3,(H,36,39)(H2,33,34,35). The Balaban J connectivity index is 1.36. The number of nitrogens with one attached hydrogen (secondary N) is 1. The van der Waals surface area contributed by atoms with Crippen molar-refractivity contribution in [3.63, 3.8) is 0 Å². The predicted octanol–water partition coefficient (Wildman–Crippen LogP) is 5.66. The number of hydrogen-bond acceptors (Lipinski definition) is 5. The Labute approximate surface area is 233 Å². The van der Waals surface area contributed by atoms with Crippen LogP contribution in [0.5, 0.6) is 0 Å². The molecule has 0 radical (unpaired) electrons. The smallest absolute Gasteiger partial charge is 0.253 e. The minimum atomic E-state index is -0.219. The van der Waals surface area contributed by atoms with Crippen LogP contribution in [0, 0.1) is 11.8 Å². The summed E-state index contributed by atoms with van der Waals surface area (Å²) in [5.41, 5.74) is 12.6. The average molecular weight is 535 g/mol. The Morgan fingerprint density at radius 1 is 0.950 bits per heavy atom. The third kappa shape index (κ3) is 4.53. The number of carbonyl (C=O) groups excluding carboxylic acids is 2. The van der Waals surface area contributed by atoms with Gasteiger partial charge in [-0.1, -0.05) is 43.7 Å². The average Bonchev–Trinajstić information content (AvgIpc) is 3.53. The fourth-order valence-corrected chi connectivity index (χ4v) is 6.38. The number of likely N-dealkylation sites (tertiary alicyclic amines) is 1. The van der Waals surface area contributed by atoms with Crippen LogP contribution in [0.15, 0.2) is 67.0 Å². The van der Waals surface area contributed by atoms with E-state index in [1.807, 2.05) is 65.0 Å². The molecule has 3 N–H and O–H groups in total. The fraction of sp³-hybridized carbons (Fsp3) is 0.312. The highest BCUT2D eigenvalue weighted by Gasteiger charge is 2.36. The van der Waals surface area contributed by atoms with E-state index in [9.17, 15) is 9.59 Å². The van der Waals surface area contributed by atoms with Crippen molar-refractivity contribution in [2.45, 2.75) is 32.6 Å². The topological polar surface area (TPSA) is 106 Å². The van der Waals surface area contributed by atoms with Crippen molar-refractivity contribution in [2.75, 3.05) is 24.1 Å². The number of nitrogen functional groups attached to an aromatic ring is 1. The highest BCUT2D eigenvalue weighted by molar-refractivity contribution is 6.08. The van der Waals surface area contributed by atoms with E-state index >= 15 is 0 Å². The molecule has 1 aliphatic heterocycles. The Hall–Kier alpha value is -4.46. The largest absolute Gasteiger partial charge is 0.383 e. The molecule has 1 saturated heterocycles. The summed E-state index contributed by atoms with van der Waals surface area (Å²) >= 11 is 0. The van der Waals surface area contributed by atoms with E-state index in [1.54, 1.807) is 6.92 Å². The maximum Gasteiger partial charge on any atom is 0.253 e. The van der Waals surface area contributed by atoms with E-state index in [0.717, 1.165) is 46.5 Å². The van der Waals surface area contributed by atoms with Crippen LogP contribution < -0.4 is 11.1 Å². The molecule has 2 aliphatic rings. The minimum absolute atomic E-state index is 0.106. The zero-order chi connectivity index (χ0) is 28.0. The fourth-order valence-electron chi connectivity index (χ4n) is 6.38. The first-order valence-electron chi connectivity index (χ1n) is 13.9. The summed E-state index contributed by atoms with van der Waals surface area (Å²) in [6.45, 7) is 7.11. The molecular formula is C32H34N6O2. The lowest BCUT2D eigenvalue weighted by Gasteiger charge is -2.22. The number of anilines is 2. The lowest BCUT2D eigenvalue weighted by atomic mass is 9.82. The number of aryl methyl sites for hydroxylation is 1. The number of fused-ring (bicyclic) bond motifs is 2. The van der Waals surface area contributed by atoms with Gasteiger partial charge in [0, 0.05) is 42.5 Å². The molecule has 4 aromatic rings. The first-order valence-corrected chi connectivity index (χ1v) is 13.9. The van der Waals surface area contributed by atoms with E-state index in [4.69, 9.17) is 5.73 Å². The van der Waals surface area contributed by atoms with Crippen molar-refractivity contribution in [1.82, 2.24) is 19.4 Å². The van der Waals surface area contributed by atoms with Gasteiger partial charge in [-0.3, -0.25) is 9.59 Å². The third-order valence-corrected chi connectivity index (χ3v) is 8.48. The lowest BCUT2D eigenvalue weighted by molar-refractivity contribution is -0.112. The number of benzene rings is 2. The van der Waals surface area contributed by atoms with Crippen molar-refractivity contribution >= 4 is 34.4 Å². The summed E-state index contributed by atoms with van der Waals surface area (Å²) in [6.07, 6.45) is 6.51. The van der Waals surface area contributed by atoms with Crippen LogP contribution in [-0.2, 0) is 11.8 Å². The van der Waals surface area contributed by atoms with Crippen LogP contribution in [0.1, 0.15) is 43.0 Å². The molecule has 2 fully saturated rings. The molecule has 204 valence electrons. The Kier molecular flexibility index (Phi) is 6.62. The second kappa shape index (κ2) is 10.3. The van der Waals surface area contributed by atoms with Gasteiger partial charge in [0.05, 0.1) is 11.1 Å². The zero-order valence-corrected chi connectivity index (χ0v) is 23.0. The van der Waals surface area contributed by atoms with E-state index < -0.39 is 0 Å². The van der Waals surface area contributed by atoms with E-state index in [-0.39, 0.29) is 11.8 Å². The molecule has 6 rings (SSSR count). The molecule has 3 heterocycles. The van der Waals surface area contributed by atoms with Crippen LogP contribution in [-0.4, -0.2) is 44.3 Å². The van der Waals surface area contributed by atoms with Gasteiger partial charge in [0.2, 0.25) is 0 Å².